The van der Waals surface area contributed by atoms with Crippen LogP contribution in [0.3, 0.4) is 0 Å². The highest BCUT2D eigenvalue weighted by atomic mass is 79.9. The lowest BCUT2D eigenvalue weighted by Gasteiger charge is -2.13. The molecule has 172 valence electrons. The lowest BCUT2D eigenvalue weighted by molar-refractivity contribution is 0.0954. The third-order valence-corrected chi connectivity index (χ3v) is 5.17. The van der Waals surface area contributed by atoms with Crippen LogP contribution in [0.1, 0.15) is 28.4 Å². The lowest BCUT2D eigenvalue weighted by Crippen LogP contribution is -2.17. The van der Waals surface area contributed by atoms with Gasteiger partial charge in [-0.05, 0) is 64.3 Å². The van der Waals surface area contributed by atoms with Gasteiger partial charge in [0.2, 0.25) is 0 Å². The lowest BCUT2D eigenvalue weighted by atomic mass is 10.2. The second-order valence-corrected chi connectivity index (χ2v) is 7.66. The molecule has 3 aromatic carbocycles. The van der Waals surface area contributed by atoms with Gasteiger partial charge in [-0.2, -0.15) is 5.10 Å². The van der Waals surface area contributed by atoms with Crippen LogP contribution in [-0.4, -0.2) is 32.9 Å². The topological polar surface area (TPSA) is 78.4 Å². The first-order chi connectivity index (χ1) is 16.0. The molecule has 1 amide bonds. The highest BCUT2D eigenvalue weighted by Crippen LogP contribution is 2.35. The number of amides is 1. The van der Waals surface area contributed by atoms with Gasteiger partial charge in [0.25, 0.3) is 5.91 Å². The maximum atomic E-state index is 12.6. The van der Waals surface area contributed by atoms with Crippen molar-refractivity contribution in [3.05, 3.63) is 81.8 Å². The second-order valence-electron chi connectivity index (χ2n) is 6.81. The minimum atomic E-state index is -0.374. The predicted octanol–water partition coefficient (Wildman–Crippen LogP) is 5.21. The van der Waals surface area contributed by atoms with Crippen LogP contribution < -0.4 is 24.4 Å². The first-order valence-corrected chi connectivity index (χ1v) is 11.0. The predicted molar refractivity (Wildman–Crippen MR) is 131 cm³/mol. The van der Waals surface area contributed by atoms with Crippen molar-refractivity contribution in [1.82, 2.24) is 5.43 Å². The van der Waals surface area contributed by atoms with Gasteiger partial charge in [-0.15, -0.1) is 0 Å². The molecule has 0 aliphatic carbocycles. The van der Waals surface area contributed by atoms with E-state index in [0.29, 0.717) is 46.2 Å². The Hall–Kier alpha value is -3.52. The van der Waals surface area contributed by atoms with Crippen molar-refractivity contribution >= 4 is 28.1 Å². The molecule has 1 N–H and O–H groups in total. The number of nitrogens with one attached hydrogen (secondary N) is 1. The molecule has 0 bridgehead atoms. The molecular formula is C25H25BrN2O5. The van der Waals surface area contributed by atoms with Crippen LogP contribution in [-0.2, 0) is 6.61 Å². The quantitative estimate of drug-likeness (QED) is 0.298. The Morgan fingerprint density at radius 3 is 2.45 bits per heavy atom. The fourth-order valence-electron chi connectivity index (χ4n) is 3.01. The molecule has 0 heterocycles. The van der Waals surface area contributed by atoms with E-state index in [1.807, 2.05) is 43.3 Å². The number of carbonyl (C=O) groups is 1. The Labute approximate surface area is 201 Å². The zero-order valence-corrected chi connectivity index (χ0v) is 20.2. The standard InChI is InChI=1S/C25H25BrN2O5/c1-4-32-22-14-19(10-11-21(22)33-16-17-8-6-5-7-9-17)25(29)28-27-15-18-12-20(26)24(31-3)23(13-18)30-2/h5-15H,4,16H2,1-3H3,(H,28,29)/b27-15+. The SMILES string of the molecule is CCOc1cc(C(=O)N/N=C/c2cc(Br)c(OC)c(OC)c2)ccc1OCc1ccccc1. The van der Waals surface area contributed by atoms with E-state index in [-0.39, 0.29) is 5.91 Å². The zero-order chi connectivity index (χ0) is 23.6. The van der Waals surface area contributed by atoms with Crippen LogP contribution in [0.15, 0.2) is 70.2 Å². The summed E-state index contributed by atoms with van der Waals surface area (Å²) in [5.74, 6) is 1.81. The highest BCUT2D eigenvalue weighted by Gasteiger charge is 2.12. The third-order valence-electron chi connectivity index (χ3n) is 4.58. The molecule has 0 radical (unpaired) electrons. The van der Waals surface area contributed by atoms with Crippen LogP contribution in [0.4, 0.5) is 0 Å². The highest BCUT2D eigenvalue weighted by molar-refractivity contribution is 9.10. The van der Waals surface area contributed by atoms with E-state index in [9.17, 15) is 4.79 Å². The van der Waals surface area contributed by atoms with E-state index in [1.165, 1.54) is 6.21 Å². The van der Waals surface area contributed by atoms with Crippen LogP contribution in [0.25, 0.3) is 0 Å². The van der Waals surface area contributed by atoms with E-state index < -0.39 is 0 Å². The summed E-state index contributed by atoms with van der Waals surface area (Å²) in [6, 6.07) is 18.4. The summed E-state index contributed by atoms with van der Waals surface area (Å²) in [4.78, 5) is 12.6. The van der Waals surface area contributed by atoms with Crippen molar-refractivity contribution in [2.75, 3.05) is 20.8 Å². The Morgan fingerprint density at radius 1 is 0.970 bits per heavy atom. The largest absolute Gasteiger partial charge is 0.493 e. The maximum absolute atomic E-state index is 12.6. The van der Waals surface area contributed by atoms with E-state index >= 15 is 0 Å². The molecule has 3 aromatic rings. The first kappa shape index (κ1) is 24.1. The molecule has 0 aromatic heterocycles. The Bertz CT molecular complexity index is 1120. The average Bonchev–Trinajstić information content (AvgIpc) is 2.83. The number of carbonyl (C=O) groups excluding carboxylic acids is 1. The Balaban J connectivity index is 1.69. The van der Waals surface area contributed by atoms with E-state index in [1.54, 1.807) is 38.5 Å². The van der Waals surface area contributed by atoms with Gasteiger partial charge < -0.3 is 18.9 Å². The van der Waals surface area contributed by atoms with Crippen molar-refractivity contribution in [3.63, 3.8) is 0 Å². The number of halogens is 1. The minimum Gasteiger partial charge on any atom is -0.493 e. The Morgan fingerprint density at radius 2 is 1.76 bits per heavy atom. The molecule has 0 spiro atoms. The monoisotopic (exact) mass is 512 g/mol. The number of nitrogens with zero attached hydrogens (tertiary/aromatic N) is 1. The molecule has 33 heavy (non-hydrogen) atoms. The second kappa shape index (κ2) is 11.9. The number of rotatable bonds is 10. The summed E-state index contributed by atoms with van der Waals surface area (Å²) in [6.45, 7) is 2.72. The third kappa shape index (κ3) is 6.49. The molecule has 0 atom stereocenters. The molecule has 0 saturated heterocycles. The fourth-order valence-corrected chi connectivity index (χ4v) is 3.64. The van der Waals surface area contributed by atoms with Gasteiger partial charge in [-0.1, -0.05) is 30.3 Å². The number of benzene rings is 3. The number of ether oxygens (including phenoxy) is 4. The molecule has 7 nitrogen and oxygen atoms in total. The summed E-state index contributed by atoms with van der Waals surface area (Å²) in [6.07, 6.45) is 1.52. The van der Waals surface area contributed by atoms with Crippen molar-refractivity contribution in [2.45, 2.75) is 13.5 Å². The van der Waals surface area contributed by atoms with Gasteiger partial charge in [0.05, 0.1) is 31.5 Å². The van der Waals surface area contributed by atoms with E-state index in [2.05, 4.69) is 26.5 Å². The molecule has 3 rings (SSSR count). The number of hydrogen-bond acceptors (Lipinski definition) is 6. The smallest absolute Gasteiger partial charge is 0.271 e. The maximum Gasteiger partial charge on any atom is 0.271 e. The number of methoxy groups -OCH3 is 2. The molecule has 0 unspecified atom stereocenters. The minimum absolute atomic E-state index is 0.374. The van der Waals surface area contributed by atoms with E-state index in [4.69, 9.17) is 18.9 Å². The van der Waals surface area contributed by atoms with Crippen LogP contribution in [0.2, 0.25) is 0 Å². The van der Waals surface area contributed by atoms with Gasteiger partial charge in [0, 0.05) is 5.56 Å². The van der Waals surface area contributed by atoms with E-state index in [0.717, 1.165) is 11.1 Å². The van der Waals surface area contributed by atoms with Gasteiger partial charge in [0.1, 0.15) is 6.61 Å². The van der Waals surface area contributed by atoms with Gasteiger partial charge in [-0.3, -0.25) is 4.79 Å². The van der Waals surface area contributed by atoms with Crippen molar-refractivity contribution < 1.29 is 23.7 Å². The number of hydrazone groups is 1. The van der Waals surface area contributed by atoms with Crippen molar-refractivity contribution in [3.8, 4) is 23.0 Å². The van der Waals surface area contributed by atoms with Crippen LogP contribution in [0.5, 0.6) is 23.0 Å². The van der Waals surface area contributed by atoms with Crippen LogP contribution in [0, 0.1) is 0 Å². The summed E-state index contributed by atoms with van der Waals surface area (Å²) < 4.78 is 22.9. The molecule has 0 saturated carbocycles. The summed E-state index contributed by atoms with van der Waals surface area (Å²) in [7, 11) is 3.11. The normalized spacial score (nSPS) is 10.7. The molecule has 0 fully saturated rings. The molecule has 8 heteroatoms. The van der Waals surface area contributed by atoms with Crippen molar-refractivity contribution in [1.29, 1.82) is 0 Å². The molecular weight excluding hydrogens is 488 g/mol. The van der Waals surface area contributed by atoms with Gasteiger partial charge >= 0.3 is 0 Å². The summed E-state index contributed by atoms with van der Waals surface area (Å²) >= 11 is 3.43. The Kier molecular flexibility index (Phi) is 8.71. The molecule has 0 aliphatic rings. The molecule has 0 aliphatic heterocycles. The zero-order valence-electron chi connectivity index (χ0n) is 18.6. The number of hydrogen-bond donors (Lipinski definition) is 1. The van der Waals surface area contributed by atoms with Crippen molar-refractivity contribution in [2.24, 2.45) is 5.10 Å². The summed E-state index contributed by atoms with van der Waals surface area (Å²) in [5, 5.41) is 4.05. The van der Waals surface area contributed by atoms with Crippen LogP contribution >= 0.6 is 15.9 Å². The average molecular weight is 513 g/mol. The summed E-state index contributed by atoms with van der Waals surface area (Å²) in [5.41, 5.74) is 4.69. The first-order valence-electron chi connectivity index (χ1n) is 10.2. The van der Waals surface area contributed by atoms with Gasteiger partial charge in [-0.25, -0.2) is 5.43 Å². The fraction of sp³-hybridized carbons (Fsp3) is 0.200. The van der Waals surface area contributed by atoms with Gasteiger partial charge in [0.15, 0.2) is 23.0 Å².